The molecule has 8 nitrogen and oxygen atoms in total. The van der Waals surface area contributed by atoms with Crippen LogP contribution in [0, 0.1) is 17.8 Å². The molecule has 0 saturated heterocycles. The Morgan fingerprint density at radius 1 is 1.07 bits per heavy atom. The van der Waals surface area contributed by atoms with E-state index in [1.165, 1.54) is 6.07 Å². The van der Waals surface area contributed by atoms with Crippen molar-refractivity contribution in [3.63, 3.8) is 0 Å². The van der Waals surface area contributed by atoms with Crippen molar-refractivity contribution in [2.75, 3.05) is 10.6 Å². The topological polar surface area (TPSA) is 133 Å². The maximum Gasteiger partial charge on any atom is 0.328 e. The number of rotatable bonds is 8. The molecule has 0 spiro atoms. The predicted octanol–water partition coefficient (Wildman–Crippen LogP) is 3.29. The highest BCUT2D eigenvalue weighted by molar-refractivity contribution is 6.03. The number of benzene rings is 1. The van der Waals surface area contributed by atoms with Gasteiger partial charge < -0.3 is 20.8 Å². The van der Waals surface area contributed by atoms with Gasteiger partial charge in [-0.2, -0.15) is 0 Å². The third-order valence-corrected chi connectivity index (χ3v) is 5.15. The average molecular weight is 414 g/mol. The number of allylic oxidation sites excluding steroid dienone is 2. The molecule has 3 unspecified atom stereocenters. The van der Waals surface area contributed by atoms with Crippen molar-refractivity contribution in [1.29, 1.82) is 0 Å². The van der Waals surface area contributed by atoms with Gasteiger partial charge in [-0.3, -0.25) is 14.4 Å². The van der Waals surface area contributed by atoms with Crippen molar-refractivity contribution >= 4 is 35.1 Å². The Kier molecular flexibility index (Phi) is 7.91. The number of carboxylic acids is 2. The standard InChI is InChI=1S/C22H26N2O6/c1-3-13-10-14(4-2)20(17(11-13)22(29)30)21(28)24-16-7-5-6-15(12-16)23-18(25)8-9-19(26)27/h5-10,12,14,17,20H,3-4,11H2,1-2H3,(H,23,25)(H,24,28)(H,26,27)(H,29,30)/b9-8-. The number of carboxylic acid groups (broad SMARTS) is 2. The molecule has 0 aromatic heterocycles. The van der Waals surface area contributed by atoms with Gasteiger partial charge in [0.15, 0.2) is 0 Å². The normalized spacial score (nSPS) is 21.0. The number of carbonyl (C=O) groups excluding carboxylic acids is 2. The summed E-state index contributed by atoms with van der Waals surface area (Å²) in [6, 6.07) is 6.37. The van der Waals surface area contributed by atoms with Crippen LogP contribution in [-0.2, 0) is 19.2 Å². The van der Waals surface area contributed by atoms with E-state index in [4.69, 9.17) is 5.11 Å². The molecule has 4 N–H and O–H groups in total. The van der Waals surface area contributed by atoms with Crippen LogP contribution in [0.15, 0.2) is 48.1 Å². The van der Waals surface area contributed by atoms with E-state index in [1.807, 2.05) is 19.9 Å². The van der Waals surface area contributed by atoms with Crippen LogP contribution in [0.4, 0.5) is 11.4 Å². The maximum absolute atomic E-state index is 13.0. The van der Waals surface area contributed by atoms with Crippen LogP contribution in [-0.4, -0.2) is 34.0 Å². The van der Waals surface area contributed by atoms with Gasteiger partial charge in [-0.15, -0.1) is 0 Å². The molecule has 0 saturated carbocycles. The van der Waals surface area contributed by atoms with Crippen LogP contribution in [0.5, 0.6) is 0 Å². The van der Waals surface area contributed by atoms with Crippen LogP contribution in [0.3, 0.4) is 0 Å². The number of carbonyl (C=O) groups is 4. The molecule has 0 aliphatic heterocycles. The largest absolute Gasteiger partial charge is 0.481 e. The fraction of sp³-hybridized carbons (Fsp3) is 0.364. The van der Waals surface area contributed by atoms with Crippen LogP contribution >= 0.6 is 0 Å². The summed E-state index contributed by atoms with van der Waals surface area (Å²) in [6.07, 6.45) is 5.39. The van der Waals surface area contributed by atoms with Gasteiger partial charge in [0.25, 0.3) is 0 Å². The fourth-order valence-electron chi connectivity index (χ4n) is 3.67. The first-order valence-electron chi connectivity index (χ1n) is 9.80. The number of hydrogen-bond donors (Lipinski definition) is 4. The molecular weight excluding hydrogens is 388 g/mol. The van der Waals surface area contributed by atoms with Crippen molar-refractivity contribution in [1.82, 2.24) is 0 Å². The Morgan fingerprint density at radius 2 is 1.73 bits per heavy atom. The first-order valence-corrected chi connectivity index (χ1v) is 9.80. The molecule has 8 heteroatoms. The molecule has 160 valence electrons. The lowest BCUT2D eigenvalue weighted by Gasteiger charge is -2.33. The third-order valence-electron chi connectivity index (χ3n) is 5.15. The monoisotopic (exact) mass is 414 g/mol. The minimum atomic E-state index is -1.24. The quantitative estimate of drug-likeness (QED) is 0.381. The van der Waals surface area contributed by atoms with Crippen molar-refractivity contribution < 1.29 is 29.4 Å². The van der Waals surface area contributed by atoms with Gasteiger partial charge in [-0.05, 0) is 43.4 Å². The second-order valence-corrected chi connectivity index (χ2v) is 7.16. The molecule has 1 aromatic rings. The Bertz CT molecular complexity index is 889. The van der Waals surface area contributed by atoms with E-state index in [-0.39, 0.29) is 11.8 Å². The lowest BCUT2D eigenvalue weighted by atomic mass is 9.71. The number of nitrogens with one attached hydrogen (secondary N) is 2. The zero-order valence-corrected chi connectivity index (χ0v) is 16.9. The summed E-state index contributed by atoms with van der Waals surface area (Å²) in [4.78, 5) is 47.0. The highest BCUT2D eigenvalue weighted by Crippen LogP contribution is 2.38. The van der Waals surface area contributed by atoms with Crippen molar-refractivity contribution in [3.8, 4) is 0 Å². The van der Waals surface area contributed by atoms with E-state index >= 15 is 0 Å². The minimum Gasteiger partial charge on any atom is -0.481 e. The molecule has 0 bridgehead atoms. The van der Waals surface area contributed by atoms with Crippen molar-refractivity contribution in [3.05, 3.63) is 48.1 Å². The van der Waals surface area contributed by atoms with Gasteiger partial charge in [0.05, 0.1) is 11.8 Å². The second kappa shape index (κ2) is 10.4. The Labute approximate surface area is 174 Å². The van der Waals surface area contributed by atoms with Crippen LogP contribution < -0.4 is 10.6 Å². The van der Waals surface area contributed by atoms with Crippen LogP contribution in [0.2, 0.25) is 0 Å². The van der Waals surface area contributed by atoms with Crippen LogP contribution in [0.25, 0.3) is 0 Å². The molecule has 30 heavy (non-hydrogen) atoms. The molecule has 1 aliphatic rings. The Hall–Kier alpha value is -3.42. The van der Waals surface area contributed by atoms with E-state index in [9.17, 15) is 24.3 Å². The van der Waals surface area contributed by atoms with E-state index in [0.29, 0.717) is 24.2 Å². The van der Waals surface area contributed by atoms with E-state index in [0.717, 1.165) is 24.1 Å². The average Bonchev–Trinajstić information content (AvgIpc) is 2.71. The Morgan fingerprint density at radius 3 is 2.30 bits per heavy atom. The summed E-state index contributed by atoms with van der Waals surface area (Å²) in [5, 5.41) is 23.5. The van der Waals surface area contributed by atoms with E-state index < -0.39 is 29.7 Å². The summed E-state index contributed by atoms with van der Waals surface area (Å²) in [5.41, 5.74) is 1.83. The van der Waals surface area contributed by atoms with Crippen LogP contribution in [0.1, 0.15) is 33.1 Å². The summed E-state index contributed by atoms with van der Waals surface area (Å²) in [7, 11) is 0. The van der Waals surface area contributed by atoms with Crippen molar-refractivity contribution in [2.24, 2.45) is 17.8 Å². The van der Waals surface area contributed by atoms with Gasteiger partial charge >= 0.3 is 11.9 Å². The number of hydrogen-bond acceptors (Lipinski definition) is 4. The summed E-state index contributed by atoms with van der Waals surface area (Å²) in [6.45, 7) is 3.91. The van der Waals surface area contributed by atoms with Crippen molar-refractivity contribution in [2.45, 2.75) is 33.1 Å². The molecule has 0 fully saturated rings. The number of aliphatic carboxylic acids is 2. The summed E-state index contributed by atoms with van der Waals surface area (Å²) >= 11 is 0. The van der Waals surface area contributed by atoms with E-state index in [2.05, 4.69) is 10.6 Å². The first kappa shape index (κ1) is 22.9. The third kappa shape index (κ3) is 6.04. The van der Waals surface area contributed by atoms with Gasteiger partial charge in [0.1, 0.15) is 0 Å². The molecule has 3 atom stereocenters. The fourth-order valence-corrected chi connectivity index (χ4v) is 3.67. The zero-order chi connectivity index (χ0) is 22.3. The smallest absolute Gasteiger partial charge is 0.328 e. The summed E-state index contributed by atoms with van der Waals surface area (Å²) in [5.74, 6) is -4.88. The van der Waals surface area contributed by atoms with Gasteiger partial charge in [-0.25, -0.2) is 4.79 Å². The molecule has 0 heterocycles. The lowest BCUT2D eigenvalue weighted by Crippen LogP contribution is -2.40. The number of amides is 2. The molecule has 0 radical (unpaired) electrons. The SMILES string of the molecule is CCC1=CC(CC)C(C(=O)Nc2cccc(NC(=O)/C=C\C(=O)O)c2)C(C(=O)O)C1. The van der Waals surface area contributed by atoms with Gasteiger partial charge in [0.2, 0.25) is 11.8 Å². The lowest BCUT2D eigenvalue weighted by molar-refractivity contribution is -0.147. The predicted molar refractivity (Wildman–Crippen MR) is 112 cm³/mol. The molecule has 1 aliphatic carbocycles. The zero-order valence-electron chi connectivity index (χ0n) is 16.9. The highest BCUT2D eigenvalue weighted by Gasteiger charge is 2.41. The molecule has 2 amide bonds. The molecule has 2 rings (SSSR count). The molecule has 1 aromatic carbocycles. The first-order chi connectivity index (χ1) is 14.2. The Balaban J connectivity index is 2.17. The second-order valence-electron chi connectivity index (χ2n) is 7.16. The number of anilines is 2. The summed E-state index contributed by atoms with van der Waals surface area (Å²) < 4.78 is 0. The minimum absolute atomic E-state index is 0.168. The highest BCUT2D eigenvalue weighted by atomic mass is 16.4. The van der Waals surface area contributed by atoms with Gasteiger partial charge in [-0.1, -0.05) is 31.6 Å². The maximum atomic E-state index is 13.0. The van der Waals surface area contributed by atoms with E-state index in [1.54, 1.807) is 18.2 Å². The van der Waals surface area contributed by atoms with Gasteiger partial charge in [0, 0.05) is 23.5 Å². The molecular formula is C22H26N2O6.